The Morgan fingerprint density at radius 2 is 2.24 bits per heavy atom. The van der Waals surface area contributed by atoms with Crippen LogP contribution < -0.4 is 0 Å². The fourth-order valence-electron chi connectivity index (χ4n) is 1.15. The monoisotopic (exact) mass is 332 g/mol. The first-order chi connectivity index (χ1) is 8.11. The van der Waals surface area contributed by atoms with Gasteiger partial charge in [-0.25, -0.2) is 10.0 Å². The Morgan fingerprint density at radius 3 is 2.82 bits per heavy atom. The molecule has 2 aromatic rings. The zero-order chi connectivity index (χ0) is 12.4. The maximum atomic E-state index is 11.8. The number of halogens is 1. The lowest BCUT2D eigenvalue weighted by Gasteiger charge is -2.10. The number of rotatable bonds is 3. The molecule has 2 aromatic heterocycles. The molecule has 0 aromatic carbocycles. The number of aromatic nitrogens is 1. The summed E-state index contributed by atoms with van der Waals surface area (Å²) in [5.41, 5.74) is 0.402. The van der Waals surface area contributed by atoms with Gasteiger partial charge in [-0.2, -0.15) is 0 Å². The third-order valence-electron chi connectivity index (χ3n) is 2.06. The highest BCUT2D eigenvalue weighted by atomic mass is 79.9. The summed E-state index contributed by atoms with van der Waals surface area (Å²) in [5, 5.41) is 5.72. The molecule has 4 nitrogen and oxygen atoms in total. The largest absolute Gasteiger partial charge is 0.296 e. The summed E-state index contributed by atoms with van der Waals surface area (Å²) in [4.78, 5) is 21.9. The average Bonchev–Trinajstić information content (AvgIpc) is 2.95. The van der Waals surface area contributed by atoms with Crippen LogP contribution in [0.25, 0.3) is 9.88 Å². The predicted molar refractivity (Wildman–Crippen MR) is 72.2 cm³/mol. The van der Waals surface area contributed by atoms with Gasteiger partial charge < -0.3 is 0 Å². The van der Waals surface area contributed by atoms with Crippen molar-refractivity contribution in [3.63, 3.8) is 0 Å². The lowest BCUT2D eigenvalue weighted by atomic mass is 10.4. The number of hydrogen-bond donors (Lipinski definition) is 0. The summed E-state index contributed by atoms with van der Waals surface area (Å²) in [5.74, 6) is -0.245. The van der Waals surface area contributed by atoms with E-state index in [1.807, 2.05) is 11.4 Å². The van der Waals surface area contributed by atoms with Gasteiger partial charge in [0.2, 0.25) is 0 Å². The summed E-state index contributed by atoms with van der Waals surface area (Å²) in [6.45, 7) is 0. The van der Waals surface area contributed by atoms with Crippen LogP contribution in [0.4, 0.5) is 0 Å². The molecular formula is C10H9BrN2O2S2. The SMILES string of the molecule is CON(C)C(=O)c1csc(-c2cc(Br)cs2)n1. The highest BCUT2D eigenvalue weighted by Gasteiger charge is 2.16. The summed E-state index contributed by atoms with van der Waals surface area (Å²) in [7, 11) is 3.00. The van der Waals surface area contributed by atoms with Gasteiger partial charge in [0.25, 0.3) is 5.91 Å². The number of carbonyl (C=O) groups is 1. The van der Waals surface area contributed by atoms with E-state index < -0.39 is 0 Å². The maximum Gasteiger partial charge on any atom is 0.296 e. The Balaban J connectivity index is 2.24. The number of carbonyl (C=O) groups excluding carboxylic acids is 1. The molecule has 0 N–H and O–H groups in total. The minimum atomic E-state index is -0.245. The molecule has 7 heteroatoms. The van der Waals surface area contributed by atoms with Crippen LogP contribution in [0, 0.1) is 0 Å². The molecular weight excluding hydrogens is 324 g/mol. The van der Waals surface area contributed by atoms with E-state index in [1.165, 1.54) is 18.4 Å². The molecule has 0 aliphatic rings. The zero-order valence-corrected chi connectivity index (χ0v) is 12.4. The smallest absolute Gasteiger partial charge is 0.274 e. The van der Waals surface area contributed by atoms with Crippen LogP contribution in [0.2, 0.25) is 0 Å². The molecule has 0 aliphatic carbocycles. The van der Waals surface area contributed by atoms with Gasteiger partial charge >= 0.3 is 0 Å². The van der Waals surface area contributed by atoms with E-state index in [4.69, 9.17) is 4.84 Å². The number of thiazole rings is 1. The average molecular weight is 333 g/mol. The van der Waals surface area contributed by atoms with E-state index in [0.29, 0.717) is 5.69 Å². The van der Waals surface area contributed by atoms with E-state index in [0.717, 1.165) is 19.4 Å². The Kier molecular flexibility index (Phi) is 3.93. The molecule has 0 aliphatic heterocycles. The van der Waals surface area contributed by atoms with Gasteiger partial charge in [0, 0.05) is 22.3 Å². The summed E-state index contributed by atoms with van der Waals surface area (Å²) in [6, 6.07) is 1.98. The van der Waals surface area contributed by atoms with Crippen LogP contribution in [0.15, 0.2) is 21.3 Å². The van der Waals surface area contributed by atoms with Gasteiger partial charge in [0.1, 0.15) is 10.7 Å². The summed E-state index contributed by atoms with van der Waals surface area (Å²) in [6.07, 6.45) is 0. The predicted octanol–water partition coefficient (Wildman–Crippen LogP) is 3.27. The second-order valence-corrected chi connectivity index (χ2v) is 5.84. The van der Waals surface area contributed by atoms with Gasteiger partial charge in [0.15, 0.2) is 0 Å². The molecule has 0 spiro atoms. The Hall–Kier alpha value is -0.760. The molecule has 0 bridgehead atoms. The van der Waals surface area contributed by atoms with Crippen molar-refractivity contribution in [2.45, 2.75) is 0 Å². The lowest BCUT2D eigenvalue weighted by molar-refractivity contribution is -0.0760. The third kappa shape index (κ3) is 2.74. The molecule has 0 radical (unpaired) electrons. The first-order valence-electron chi connectivity index (χ1n) is 4.64. The van der Waals surface area contributed by atoms with Crippen LogP contribution in [0.1, 0.15) is 10.5 Å². The first kappa shape index (κ1) is 12.7. The zero-order valence-electron chi connectivity index (χ0n) is 9.14. The molecule has 90 valence electrons. The van der Waals surface area contributed by atoms with Crippen LogP contribution in [0.5, 0.6) is 0 Å². The number of hydroxylamine groups is 2. The van der Waals surface area contributed by atoms with E-state index in [1.54, 1.807) is 23.8 Å². The van der Waals surface area contributed by atoms with Crippen molar-refractivity contribution in [1.82, 2.24) is 10.0 Å². The van der Waals surface area contributed by atoms with Crippen molar-refractivity contribution < 1.29 is 9.63 Å². The highest BCUT2D eigenvalue weighted by Crippen LogP contribution is 2.32. The van der Waals surface area contributed by atoms with Crippen molar-refractivity contribution >= 4 is 44.5 Å². The lowest BCUT2D eigenvalue weighted by Crippen LogP contribution is -2.25. The van der Waals surface area contributed by atoms with Gasteiger partial charge in [-0.1, -0.05) is 0 Å². The Bertz CT molecular complexity index is 538. The van der Waals surface area contributed by atoms with Crippen LogP contribution in [0.3, 0.4) is 0 Å². The van der Waals surface area contributed by atoms with Crippen molar-refractivity contribution in [3.8, 4) is 9.88 Å². The number of hydrogen-bond acceptors (Lipinski definition) is 5. The van der Waals surface area contributed by atoms with E-state index in [2.05, 4.69) is 20.9 Å². The fraction of sp³-hybridized carbons (Fsp3) is 0.200. The Labute approximate surface area is 115 Å². The normalized spacial score (nSPS) is 10.5. The second kappa shape index (κ2) is 5.26. The number of nitrogens with zero attached hydrogens (tertiary/aromatic N) is 2. The molecule has 0 saturated carbocycles. The second-order valence-electron chi connectivity index (χ2n) is 3.15. The van der Waals surface area contributed by atoms with Crippen molar-refractivity contribution in [2.75, 3.05) is 14.2 Å². The minimum Gasteiger partial charge on any atom is -0.274 e. The van der Waals surface area contributed by atoms with Crippen molar-refractivity contribution in [3.05, 3.63) is 27.0 Å². The van der Waals surface area contributed by atoms with Gasteiger partial charge in [0.05, 0.1) is 12.0 Å². The molecule has 0 atom stereocenters. The van der Waals surface area contributed by atoms with E-state index in [9.17, 15) is 4.79 Å². The van der Waals surface area contributed by atoms with Crippen LogP contribution in [-0.4, -0.2) is 30.1 Å². The molecule has 0 saturated heterocycles. The number of amides is 1. The molecule has 0 fully saturated rings. The maximum absolute atomic E-state index is 11.8. The fourth-order valence-corrected chi connectivity index (χ4v) is 3.46. The molecule has 2 heterocycles. The van der Waals surface area contributed by atoms with E-state index >= 15 is 0 Å². The van der Waals surface area contributed by atoms with Gasteiger partial charge in [-0.3, -0.25) is 9.63 Å². The molecule has 2 rings (SSSR count). The minimum absolute atomic E-state index is 0.245. The third-order valence-corrected chi connectivity index (χ3v) is 4.76. The standard InChI is InChI=1S/C10H9BrN2O2S2/c1-13(15-2)10(14)7-5-17-9(12-7)8-3-6(11)4-16-8/h3-5H,1-2H3. The molecule has 0 unspecified atom stereocenters. The van der Waals surface area contributed by atoms with Crippen molar-refractivity contribution in [2.24, 2.45) is 0 Å². The highest BCUT2D eigenvalue weighted by molar-refractivity contribution is 9.10. The van der Waals surface area contributed by atoms with Crippen LogP contribution in [-0.2, 0) is 4.84 Å². The van der Waals surface area contributed by atoms with E-state index in [-0.39, 0.29) is 5.91 Å². The van der Waals surface area contributed by atoms with Gasteiger partial charge in [-0.15, -0.1) is 22.7 Å². The summed E-state index contributed by atoms with van der Waals surface area (Å²) >= 11 is 6.43. The van der Waals surface area contributed by atoms with Crippen LogP contribution >= 0.6 is 38.6 Å². The quantitative estimate of drug-likeness (QED) is 0.810. The molecule has 17 heavy (non-hydrogen) atoms. The molecule has 1 amide bonds. The first-order valence-corrected chi connectivity index (χ1v) is 7.19. The van der Waals surface area contributed by atoms with Crippen molar-refractivity contribution in [1.29, 1.82) is 0 Å². The van der Waals surface area contributed by atoms with Gasteiger partial charge in [-0.05, 0) is 22.0 Å². The topological polar surface area (TPSA) is 42.4 Å². The summed E-state index contributed by atoms with van der Waals surface area (Å²) < 4.78 is 1.02. The Morgan fingerprint density at radius 1 is 1.47 bits per heavy atom. The number of thiophene rings is 1.